The molecule has 0 radical (unpaired) electrons. The SMILES string of the molecule is CCC(=O)N(Cc1ccccc1)C(C(=O)NCCC(C)C)c1ccccc1. The molecule has 0 fully saturated rings. The van der Waals surface area contributed by atoms with E-state index in [0.29, 0.717) is 25.4 Å². The van der Waals surface area contributed by atoms with Gasteiger partial charge < -0.3 is 10.2 Å². The van der Waals surface area contributed by atoms with Crippen LogP contribution in [0.25, 0.3) is 0 Å². The highest BCUT2D eigenvalue weighted by Crippen LogP contribution is 2.24. The number of benzene rings is 2. The molecule has 0 bridgehead atoms. The van der Waals surface area contributed by atoms with Gasteiger partial charge in [-0.2, -0.15) is 0 Å². The van der Waals surface area contributed by atoms with Gasteiger partial charge in [0.15, 0.2) is 0 Å². The van der Waals surface area contributed by atoms with Gasteiger partial charge in [0.25, 0.3) is 0 Å². The normalized spacial score (nSPS) is 11.9. The van der Waals surface area contributed by atoms with Gasteiger partial charge in [-0.3, -0.25) is 9.59 Å². The summed E-state index contributed by atoms with van der Waals surface area (Å²) in [4.78, 5) is 27.5. The zero-order valence-corrected chi connectivity index (χ0v) is 16.5. The van der Waals surface area contributed by atoms with Gasteiger partial charge in [-0.1, -0.05) is 81.4 Å². The molecule has 2 amide bonds. The van der Waals surface area contributed by atoms with E-state index in [-0.39, 0.29) is 11.8 Å². The highest BCUT2D eigenvalue weighted by molar-refractivity contribution is 5.88. The molecule has 0 heterocycles. The lowest BCUT2D eigenvalue weighted by Gasteiger charge is -2.31. The second-order valence-electron chi connectivity index (χ2n) is 7.15. The number of hydrogen-bond acceptors (Lipinski definition) is 2. The van der Waals surface area contributed by atoms with Gasteiger partial charge in [-0.25, -0.2) is 0 Å². The standard InChI is InChI=1S/C23H30N2O2/c1-4-21(26)25(17-19-11-7-5-8-12-19)22(20-13-9-6-10-14-20)23(27)24-16-15-18(2)3/h5-14,18,22H,4,15-17H2,1-3H3,(H,24,27). The number of nitrogens with one attached hydrogen (secondary N) is 1. The molecule has 0 aliphatic rings. The van der Waals surface area contributed by atoms with Crippen LogP contribution in [0, 0.1) is 5.92 Å². The monoisotopic (exact) mass is 366 g/mol. The van der Waals surface area contributed by atoms with Gasteiger partial charge in [0, 0.05) is 19.5 Å². The summed E-state index contributed by atoms with van der Waals surface area (Å²) in [5, 5.41) is 3.02. The van der Waals surface area contributed by atoms with Gasteiger partial charge in [-0.05, 0) is 23.5 Å². The van der Waals surface area contributed by atoms with Crippen molar-refractivity contribution in [3.05, 3.63) is 71.8 Å². The summed E-state index contributed by atoms with van der Waals surface area (Å²) >= 11 is 0. The van der Waals surface area contributed by atoms with Crippen LogP contribution in [-0.2, 0) is 16.1 Å². The minimum Gasteiger partial charge on any atom is -0.354 e. The molecular weight excluding hydrogens is 336 g/mol. The molecule has 4 heteroatoms. The van der Waals surface area contributed by atoms with Crippen LogP contribution in [-0.4, -0.2) is 23.3 Å². The number of nitrogens with zero attached hydrogens (tertiary/aromatic N) is 1. The largest absolute Gasteiger partial charge is 0.354 e. The van der Waals surface area contributed by atoms with Gasteiger partial charge in [-0.15, -0.1) is 0 Å². The van der Waals surface area contributed by atoms with Crippen LogP contribution in [0.2, 0.25) is 0 Å². The Morgan fingerprint density at radius 3 is 2.11 bits per heavy atom. The molecule has 27 heavy (non-hydrogen) atoms. The third-order valence-corrected chi connectivity index (χ3v) is 4.51. The number of carbonyl (C=O) groups excluding carboxylic acids is 2. The van der Waals surface area contributed by atoms with Gasteiger partial charge >= 0.3 is 0 Å². The lowest BCUT2D eigenvalue weighted by atomic mass is 10.0. The molecule has 0 aliphatic heterocycles. The summed E-state index contributed by atoms with van der Waals surface area (Å²) in [6, 6.07) is 18.7. The zero-order valence-electron chi connectivity index (χ0n) is 16.5. The van der Waals surface area contributed by atoms with Crippen molar-refractivity contribution in [2.75, 3.05) is 6.54 Å². The number of hydrogen-bond donors (Lipinski definition) is 1. The molecule has 144 valence electrons. The first kappa shape index (κ1) is 20.7. The second-order valence-corrected chi connectivity index (χ2v) is 7.15. The fraction of sp³-hybridized carbons (Fsp3) is 0.391. The van der Waals surface area contributed by atoms with Crippen molar-refractivity contribution in [3.63, 3.8) is 0 Å². The third-order valence-electron chi connectivity index (χ3n) is 4.51. The zero-order chi connectivity index (χ0) is 19.6. The Balaban J connectivity index is 2.31. The molecule has 2 aromatic rings. The van der Waals surface area contributed by atoms with Gasteiger partial charge in [0.05, 0.1) is 0 Å². The first-order valence-electron chi connectivity index (χ1n) is 9.69. The second kappa shape index (κ2) is 10.5. The highest BCUT2D eigenvalue weighted by atomic mass is 16.2. The van der Waals surface area contributed by atoms with Crippen LogP contribution < -0.4 is 5.32 Å². The number of amides is 2. The van der Waals surface area contributed by atoms with Gasteiger partial charge in [0.2, 0.25) is 11.8 Å². The smallest absolute Gasteiger partial charge is 0.247 e. The quantitative estimate of drug-likeness (QED) is 0.718. The van der Waals surface area contributed by atoms with Crippen molar-refractivity contribution >= 4 is 11.8 Å². The fourth-order valence-corrected chi connectivity index (χ4v) is 3.00. The summed E-state index contributed by atoms with van der Waals surface area (Å²) in [5.41, 5.74) is 1.84. The maximum Gasteiger partial charge on any atom is 0.247 e. The summed E-state index contributed by atoms with van der Waals surface area (Å²) < 4.78 is 0. The Morgan fingerprint density at radius 2 is 1.56 bits per heavy atom. The van der Waals surface area contributed by atoms with Crippen molar-refractivity contribution < 1.29 is 9.59 Å². The van der Waals surface area contributed by atoms with Crippen LogP contribution in [0.5, 0.6) is 0 Å². The molecule has 0 saturated heterocycles. The Bertz CT molecular complexity index is 714. The third kappa shape index (κ3) is 6.24. The molecule has 2 aromatic carbocycles. The van der Waals surface area contributed by atoms with Gasteiger partial charge in [0.1, 0.15) is 6.04 Å². The number of rotatable bonds is 9. The van der Waals surface area contributed by atoms with Crippen LogP contribution in [0.4, 0.5) is 0 Å². The fourth-order valence-electron chi connectivity index (χ4n) is 3.00. The first-order valence-corrected chi connectivity index (χ1v) is 9.69. The maximum absolute atomic E-state index is 13.1. The topological polar surface area (TPSA) is 49.4 Å². The highest BCUT2D eigenvalue weighted by Gasteiger charge is 2.30. The molecule has 0 aliphatic carbocycles. The minimum atomic E-state index is -0.633. The minimum absolute atomic E-state index is 0.0354. The van der Waals surface area contributed by atoms with Crippen molar-refractivity contribution in [3.8, 4) is 0 Å². The molecule has 4 nitrogen and oxygen atoms in total. The van der Waals surface area contributed by atoms with E-state index in [1.807, 2.05) is 67.6 Å². The average molecular weight is 367 g/mol. The van der Waals surface area contributed by atoms with E-state index in [2.05, 4.69) is 19.2 Å². The molecular formula is C23H30N2O2. The van der Waals surface area contributed by atoms with E-state index in [1.54, 1.807) is 4.90 Å². The van der Waals surface area contributed by atoms with Crippen LogP contribution >= 0.6 is 0 Å². The van der Waals surface area contributed by atoms with E-state index in [4.69, 9.17) is 0 Å². The van der Waals surface area contributed by atoms with Crippen molar-refractivity contribution in [1.82, 2.24) is 10.2 Å². The molecule has 0 saturated carbocycles. The Labute approximate surface area is 162 Å². The van der Waals surface area contributed by atoms with E-state index in [1.165, 1.54) is 0 Å². The molecule has 2 rings (SSSR count). The molecule has 1 atom stereocenters. The molecule has 1 unspecified atom stereocenters. The van der Waals surface area contributed by atoms with Crippen LogP contribution in [0.1, 0.15) is 50.8 Å². The summed E-state index contributed by atoms with van der Waals surface area (Å²) in [6.45, 7) is 7.11. The lowest BCUT2D eigenvalue weighted by Crippen LogP contribution is -2.43. The predicted octanol–water partition coefficient (Wildman–Crippen LogP) is 4.33. The van der Waals surface area contributed by atoms with Crippen molar-refractivity contribution in [1.29, 1.82) is 0 Å². The summed E-state index contributed by atoms with van der Waals surface area (Å²) in [6.07, 6.45) is 1.27. The van der Waals surface area contributed by atoms with E-state index in [0.717, 1.165) is 17.5 Å². The molecule has 0 aromatic heterocycles. The van der Waals surface area contributed by atoms with E-state index in [9.17, 15) is 9.59 Å². The Hall–Kier alpha value is -2.62. The Morgan fingerprint density at radius 1 is 0.963 bits per heavy atom. The van der Waals surface area contributed by atoms with E-state index >= 15 is 0 Å². The average Bonchev–Trinajstić information content (AvgIpc) is 2.68. The molecule has 0 spiro atoms. The van der Waals surface area contributed by atoms with Crippen molar-refractivity contribution in [2.45, 2.75) is 46.2 Å². The van der Waals surface area contributed by atoms with E-state index < -0.39 is 6.04 Å². The Kier molecular flexibility index (Phi) is 8.05. The lowest BCUT2D eigenvalue weighted by molar-refractivity contribution is -0.141. The summed E-state index contributed by atoms with van der Waals surface area (Å²) in [7, 11) is 0. The van der Waals surface area contributed by atoms with Crippen molar-refractivity contribution in [2.24, 2.45) is 5.92 Å². The molecule has 1 N–H and O–H groups in total. The summed E-state index contributed by atoms with van der Waals surface area (Å²) in [5.74, 6) is 0.351. The predicted molar refractivity (Wildman–Crippen MR) is 109 cm³/mol. The maximum atomic E-state index is 13.1. The van der Waals surface area contributed by atoms with Crippen LogP contribution in [0.15, 0.2) is 60.7 Å². The number of carbonyl (C=O) groups is 2. The van der Waals surface area contributed by atoms with Crippen LogP contribution in [0.3, 0.4) is 0 Å². The first-order chi connectivity index (χ1) is 13.0.